The molecular weight excluding hydrogens is 236 g/mol. The Hall–Kier alpha value is -1.81. The Morgan fingerprint density at radius 2 is 1.89 bits per heavy atom. The van der Waals surface area contributed by atoms with E-state index in [4.69, 9.17) is 0 Å². The van der Waals surface area contributed by atoms with Gasteiger partial charge in [0.2, 0.25) is 0 Å². The first-order valence-corrected chi connectivity index (χ1v) is 5.60. The maximum atomic E-state index is 13.4. The lowest BCUT2D eigenvalue weighted by atomic mass is 10.0. The van der Waals surface area contributed by atoms with Crippen molar-refractivity contribution >= 4 is 0 Å². The van der Waals surface area contributed by atoms with E-state index in [1.807, 2.05) is 6.92 Å². The van der Waals surface area contributed by atoms with Crippen LogP contribution in [-0.4, -0.2) is 10.1 Å². The third-order valence-electron chi connectivity index (χ3n) is 2.74. The number of aryl methyl sites for hydroxylation is 1. The Bertz CT molecular complexity index is 537. The number of aliphatic hydroxyl groups is 1. The number of pyridine rings is 1. The number of benzene rings is 1. The summed E-state index contributed by atoms with van der Waals surface area (Å²) in [7, 11) is 0. The number of halogens is 2. The Balaban J connectivity index is 2.24. The third kappa shape index (κ3) is 2.71. The highest BCUT2D eigenvalue weighted by atomic mass is 19.1. The van der Waals surface area contributed by atoms with E-state index >= 15 is 0 Å². The first-order valence-electron chi connectivity index (χ1n) is 5.60. The van der Waals surface area contributed by atoms with Gasteiger partial charge in [-0.2, -0.15) is 0 Å². The Labute approximate surface area is 104 Å². The van der Waals surface area contributed by atoms with E-state index in [-0.39, 0.29) is 12.0 Å². The van der Waals surface area contributed by atoms with Crippen molar-refractivity contribution in [3.8, 4) is 0 Å². The second-order valence-electron chi connectivity index (χ2n) is 4.22. The number of hydrogen-bond acceptors (Lipinski definition) is 2. The molecule has 2 nitrogen and oxygen atoms in total. The summed E-state index contributed by atoms with van der Waals surface area (Å²) in [6.45, 7) is 1.84. The first kappa shape index (κ1) is 12.6. The summed E-state index contributed by atoms with van der Waals surface area (Å²) >= 11 is 0. The van der Waals surface area contributed by atoms with E-state index in [0.717, 1.165) is 5.56 Å². The molecule has 0 aliphatic carbocycles. The van der Waals surface area contributed by atoms with Crippen LogP contribution in [0.25, 0.3) is 0 Å². The van der Waals surface area contributed by atoms with Gasteiger partial charge in [-0.3, -0.25) is 4.98 Å². The highest BCUT2D eigenvalue weighted by Crippen LogP contribution is 2.22. The molecule has 1 heterocycles. The predicted octanol–water partition coefficient (Wildman–Crippen LogP) is 2.94. The minimum atomic E-state index is -0.969. The molecule has 0 fully saturated rings. The third-order valence-corrected chi connectivity index (χ3v) is 2.74. The SMILES string of the molecule is Cc1cncc(C(O)Cc2c(F)cccc2F)c1. The van der Waals surface area contributed by atoms with Crippen molar-refractivity contribution in [3.63, 3.8) is 0 Å². The molecule has 4 heteroatoms. The average Bonchev–Trinajstić information content (AvgIpc) is 2.34. The van der Waals surface area contributed by atoms with Gasteiger partial charge in [-0.15, -0.1) is 0 Å². The van der Waals surface area contributed by atoms with Crippen LogP contribution >= 0.6 is 0 Å². The van der Waals surface area contributed by atoms with Crippen LogP contribution in [0.5, 0.6) is 0 Å². The van der Waals surface area contributed by atoms with E-state index in [9.17, 15) is 13.9 Å². The second-order valence-corrected chi connectivity index (χ2v) is 4.22. The van der Waals surface area contributed by atoms with Gasteiger partial charge in [0.15, 0.2) is 0 Å². The minimum absolute atomic E-state index is 0.105. The molecule has 0 bridgehead atoms. The Morgan fingerprint density at radius 1 is 1.22 bits per heavy atom. The maximum absolute atomic E-state index is 13.4. The van der Waals surface area contributed by atoms with Crippen molar-refractivity contribution in [1.29, 1.82) is 0 Å². The van der Waals surface area contributed by atoms with Crippen LogP contribution in [0, 0.1) is 18.6 Å². The molecule has 94 valence electrons. The van der Waals surface area contributed by atoms with Gasteiger partial charge in [0.1, 0.15) is 11.6 Å². The van der Waals surface area contributed by atoms with Gasteiger partial charge < -0.3 is 5.11 Å². The molecule has 1 unspecified atom stereocenters. The normalized spacial score (nSPS) is 12.4. The zero-order valence-corrected chi connectivity index (χ0v) is 9.90. The van der Waals surface area contributed by atoms with Crippen LogP contribution in [0.1, 0.15) is 22.8 Å². The number of aliphatic hydroxyl groups excluding tert-OH is 1. The molecule has 0 radical (unpaired) electrons. The van der Waals surface area contributed by atoms with E-state index in [1.54, 1.807) is 12.3 Å². The Kier molecular flexibility index (Phi) is 3.67. The minimum Gasteiger partial charge on any atom is -0.388 e. The fraction of sp³-hybridized carbons (Fsp3) is 0.214. The maximum Gasteiger partial charge on any atom is 0.129 e. The quantitative estimate of drug-likeness (QED) is 0.907. The molecule has 2 aromatic rings. The van der Waals surface area contributed by atoms with E-state index < -0.39 is 17.7 Å². The standard InChI is InChI=1S/C14H13F2NO/c1-9-5-10(8-17-7-9)14(18)6-11-12(15)3-2-4-13(11)16/h2-5,7-8,14,18H,6H2,1H3. The predicted molar refractivity (Wildman–Crippen MR) is 64.0 cm³/mol. The van der Waals surface area contributed by atoms with Crippen molar-refractivity contribution < 1.29 is 13.9 Å². The van der Waals surface area contributed by atoms with E-state index in [2.05, 4.69) is 4.98 Å². The van der Waals surface area contributed by atoms with Crippen LogP contribution in [0.3, 0.4) is 0 Å². The van der Waals surface area contributed by atoms with E-state index in [1.165, 1.54) is 24.4 Å². The molecule has 1 aromatic heterocycles. The molecule has 1 aromatic carbocycles. The zero-order chi connectivity index (χ0) is 13.1. The van der Waals surface area contributed by atoms with Gasteiger partial charge in [-0.25, -0.2) is 8.78 Å². The molecule has 0 amide bonds. The lowest BCUT2D eigenvalue weighted by Crippen LogP contribution is -2.06. The fourth-order valence-electron chi connectivity index (χ4n) is 1.80. The average molecular weight is 249 g/mol. The van der Waals surface area contributed by atoms with Crippen molar-refractivity contribution in [2.24, 2.45) is 0 Å². The number of aromatic nitrogens is 1. The summed E-state index contributed by atoms with van der Waals surface area (Å²) in [5.41, 5.74) is 1.34. The van der Waals surface area contributed by atoms with Crippen molar-refractivity contribution in [3.05, 3.63) is 65.0 Å². The van der Waals surface area contributed by atoms with Crippen LogP contribution in [0.2, 0.25) is 0 Å². The molecule has 0 saturated carbocycles. The van der Waals surface area contributed by atoms with Gasteiger partial charge in [-0.1, -0.05) is 12.1 Å². The van der Waals surface area contributed by atoms with Crippen molar-refractivity contribution in [1.82, 2.24) is 4.98 Å². The summed E-state index contributed by atoms with van der Waals surface area (Å²) in [6.07, 6.45) is 2.07. The van der Waals surface area contributed by atoms with Gasteiger partial charge >= 0.3 is 0 Å². The second kappa shape index (κ2) is 5.23. The van der Waals surface area contributed by atoms with Crippen molar-refractivity contribution in [2.75, 3.05) is 0 Å². The zero-order valence-electron chi connectivity index (χ0n) is 9.90. The topological polar surface area (TPSA) is 33.1 Å². The molecule has 0 spiro atoms. The molecule has 0 saturated heterocycles. The highest BCUT2D eigenvalue weighted by molar-refractivity contribution is 5.25. The molecule has 1 N–H and O–H groups in total. The fourth-order valence-corrected chi connectivity index (χ4v) is 1.80. The molecule has 1 atom stereocenters. The Morgan fingerprint density at radius 3 is 2.50 bits per heavy atom. The smallest absolute Gasteiger partial charge is 0.129 e. The summed E-state index contributed by atoms with van der Waals surface area (Å²) < 4.78 is 26.9. The van der Waals surface area contributed by atoms with Crippen LogP contribution in [0.4, 0.5) is 8.78 Å². The number of nitrogens with zero attached hydrogens (tertiary/aromatic N) is 1. The summed E-state index contributed by atoms with van der Waals surface area (Å²) in [6, 6.07) is 5.41. The molecule has 2 rings (SSSR count). The van der Waals surface area contributed by atoms with Crippen LogP contribution in [-0.2, 0) is 6.42 Å². The largest absolute Gasteiger partial charge is 0.388 e. The number of hydrogen-bond donors (Lipinski definition) is 1. The van der Waals surface area contributed by atoms with Crippen LogP contribution < -0.4 is 0 Å². The van der Waals surface area contributed by atoms with Gasteiger partial charge in [0, 0.05) is 24.4 Å². The van der Waals surface area contributed by atoms with E-state index in [0.29, 0.717) is 5.56 Å². The summed E-state index contributed by atoms with van der Waals surface area (Å²) in [5.74, 6) is -1.29. The molecular formula is C14H13F2NO. The summed E-state index contributed by atoms with van der Waals surface area (Å²) in [5, 5.41) is 9.97. The van der Waals surface area contributed by atoms with Gasteiger partial charge in [-0.05, 0) is 30.2 Å². The summed E-state index contributed by atoms with van der Waals surface area (Å²) in [4.78, 5) is 3.94. The number of rotatable bonds is 3. The van der Waals surface area contributed by atoms with Gasteiger partial charge in [0.25, 0.3) is 0 Å². The first-order chi connectivity index (χ1) is 8.58. The lowest BCUT2D eigenvalue weighted by molar-refractivity contribution is 0.175. The monoisotopic (exact) mass is 249 g/mol. The lowest BCUT2D eigenvalue weighted by Gasteiger charge is -2.12. The van der Waals surface area contributed by atoms with Gasteiger partial charge in [0.05, 0.1) is 6.10 Å². The van der Waals surface area contributed by atoms with Crippen LogP contribution in [0.15, 0.2) is 36.7 Å². The molecule has 0 aliphatic rings. The molecule has 0 aliphatic heterocycles. The van der Waals surface area contributed by atoms with Crippen molar-refractivity contribution in [2.45, 2.75) is 19.4 Å². The molecule has 18 heavy (non-hydrogen) atoms. The highest BCUT2D eigenvalue weighted by Gasteiger charge is 2.15.